The standard InChI is InChI=1S/C23H36ClN3O2/c1-5-19(6-2)29-22-10-7-9-21(23(22)27-17(4)28)26-14-8-13-25-18-11-12-20(24)16(3)15-18/h7,10-12,15,19,21-23,25-26H,5-6,8-9,13-14H2,1-4H3,(H,27,28)/t21-,22+,23+/m0/s1. The maximum atomic E-state index is 11.8. The summed E-state index contributed by atoms with van der Waals surface area (Å²) in [6.45, 7) is 9.59. The molecule has 0 saturated carbocycles. The fourth-order valence-corrected chi connectivity index (χ4v) is 3.80. The first kappa shape index (κ1) is 23.7. The predicted molar refractivity (Wildman–Crippen MR) is 122 cm³/mol. The number of benzene rings is 1. The first-order valence-corrected chi connectivity index (χ1v) is 11.1. The van der Waals surface area contributed by atoms with Gasteiger partial charge in [-0.25, -0.2) is 0 Å². The number of carbonyl (C=O) groups excluding carboxylic acids is 1. The third-order valence-corrected chi connectivity index (χ3v) is 5.80. The normalized spacial score (nSPS) is 21.4. The second-order valence-electron chi connectivity index (χ2n) is 7.73. The number of halogens is 1. The molecule has 0 aliphatic heterocycles. The van der Waals surface area contributed by atoms with Crippen molar-refractivity contribution < 1.29 is 9.53 Å². The molecule has 3 atom stereocenters. The Morgan fingerprint density at radius 3 is 2.69 bits per heavy atom. The van der Waals surface area contributed by atoms with Crippen LogP contribution in [0.3, 0.4) is 0 Å². The van der Waals surface area contributed by atoms with Crippen LogP contribution in [0.25, 0.3) is 0 Å². The number of rotatable bonds is 11. The van der Waals surface area contributed by atoms with Crippen molar-refractivity contribution in [3.8, 4) is 0 Å². The van der Waals surface area contributed by atoms with E-state index < -0.39 is 0 Å². The highest BCUT2D eigenvalue weighted by Gasteiger charge is 2.32. The van der Waals surface area contributed by atoms with Crippen LogP contribution in [-0.4, -0.2) is 43.3 Å². The lowest BCUT2D eigenvalue weighted by atomic mass is 9.92. The van der Waals surface area contributed by atoms with Gasteiger partial charge in [-0.15, -0.1) is 0 Å². The minimum absolute atomic E-state index is 0.0185. The summed E-state index contributed by atoms with van der Waals surface area (Å²) < 4.78 is 6.27. The highest BCUT2D eigenvalue weighted by Crippen LogP contribution is 2.21. The molecule has 5 nitrogen and oxygen atoms in total. The molecule has 0 radical (unpaired) electrons. The van der Waals surface area contributed by atoms with Crippen LogP contribution in [0.1, 0.15) is 52.0 Å². The van der Waals surface area contributed by atoms with E-state index in [2.05, 4.69) is 48.0 Å². The summed E-state index contributed by atoms with van der Waals surface area (Å²) in [7, 11) is 0. The Morgan fingerprint density at radius 1 is 1.28 bits per heavy atom. The first-order chi connectivity index (χ1) is 13.9. The number of aryl methyl sites for hydroxylation is 1. The van der Waals surface area contributed by atoms with E-state index in [1.807, 2.05) is 19.1 Å². The molecule has 0 bridgehead atoms. The number of hydrogen-bond donors (Lipinski definition) is 3. The molecule has 0 unspecified atom stereocenters. The molecule has 29 heavy (non-hydrogen) atoms. The van der Waals surface area contributed by atoms with Gasteiger partial charge in [-0.05, 0) is 62.9 Å². The Hall–Kier alpha value is -1.56. The molecule has 0 spiro atoms. The van der Waals surface area contributed by atoms with Gasteiger partial charge in [-0.3, -0.25) is 4.79 Å². The molecule has 0 heterocycles. The molecule has 1 aliphatic carbocycles. The maximum Gasteiger partial charge on any atom is 0.217 e. The van der Waals surface area contributed by atoms with Crippen molar-refractivity contribution in [2.75, 3.05) is 18.4 Å². The molecule has 1 aromatic rings. The smallest absolute Gasteiger partial charge is 0.217 e. The van der Waals surface area contributed by atoms with Crippen molar-refractivity contribution >= 4 is 23.2 Å². The zero-order chi connectivity index (χ0) is 21.2. The minimum Gasteiger partial charge on any atom is -0.385 e. The second kappa shape index (κ2) is 12.2. The van der Waals surface area contributed by atoms with Crippen molar-refractivity contribution in [3.63, 3.8) is 0 Å². The van der Waals surface area contributed by atoms with Gasteiger partial charge in [0.15, 0.2) is 0 Å². The van der Waals surface area contributed by atoms with Gasteiger partial charge in [-0.1, -0.05) is 37.6 Å². The van der Waals surface area contributed by atoms with Crippen LogP contribution in [0.4, 0.5) is 5.69 Å². The number of hydrogen-bond acceptors (Lipinski definition) is 4. The Kier molecular flexibility index (Phi) is 9.98. The van der Waals surface area contributed by atoms with Crippen LogP contribution in [-0.2, 0) is 9.53 Å². The summed E-state index contributed by atoms with van der Waals surface area (Å²) >= 11 is 6.08. The number of amides is 1. The monoisotopic (exact) mass is 421 g/mol. The average Bonchev–Trinajstić information content (AvgIpc) is 2.70. The predicted octanol–water partition coefficient (Wildman–Crippen LogP) is 4.45. The molecule has 3 N–H and O–H groups in total. The number of nitrogens with one attached hydrogen (secondary N) is 3. The maximum absolute atomic E-state index is 11.8. The van der Waals surface area contributed by atoms with Gasteiger partial charge in [0.05, 0.1) is 18.2 Å². The van der Waals surface area contributed by atoms with Gasteiger partial charge in [0.2, 0.25) is 5.91 Å². The number of ether oxygens (including phenoxy) is 1. The lowest BCUT2D eigenvalue weighted by Crippen LogP contribution is -2.57. The summed E-state index contributed by atoms with van der Waals surface area (Å²) in [5.41, 5.74) is 2.16. The lowest BCUT2D eigenvalue weighted by Gasteiger charge is -2.37. The van der Waals surface area contributed by atoms with Crippen molar-refractivity contribution in [1.82, 2.24) is 10.6 Å². The molecule has 1 aromatic carbocycles. The Morgan fingerprint density at radius 2 is 2.03 bits per heavy atom. The van der Waals surface area contributed by atoms with Gasteiger partial charge in [0, 0.05) is 30.2 Å². The molecule has 0 aromatic heterocycles. The van der Waals surface area contributed by atoms with Crippen LogP contribution >= 0.6 is 11.6 Å². The largest absolute Gasteiger partial charge is 0.385 e. The zero-order valence-electron chi connectivity index (χ0n) is 18.1. The van der Waals surface area contributed by atoms with Crippen molar-refractivity contribution in [3.05, 3.63) is 40.9 Å². The number of anilines is 1. The summed E-state index contributed by atoms with van der Waals surface area (Å²) in [6, 6.07) is 6.10. The van der Waals surface area contributed by atoms with E-state index in [1.165, 1.54) is 0 Å². The van der Waals surface area contributed by atoms with Crippen molar-refractivity contribution in [2.45, 2.75) is 77.7 Å². The molecular weight excluding hydrogens is 386 g/mol. The van der Waals surface area contributed by atoms with E-state index in [1.54, 1.807) is 6.92 Å². The van der Waals surface area contributed by atoms with Gasteiger partial charge >= 0.3 is 0 Å². The van der Waals surface area contributed by atoms with Crippen LogP contribution in [0, 0.1) is 6.92 Å². The molecular formula is C23H36ClN3O2. The average molecular weight is 422 g/mol. The van der Waals surface area contributed by atoms with E-state index in [4.69, 9.17) is 16.3 Å². The summed E-state index contributed by atoms with van der Waals surface area (Å²) in [6.07, 6.45) is 8.20. The first-order valence-electron chi connectivity index (χ1n) is 10.8. The Labute approximate surface area is 180 Å². The highest BCUT2D eigenvalue weighted by molar-refractivity contribution is 6.31. The topological polar surface area (TPSA) is 62.4 Å². The van der Waals surface area contributed by atoms with Crippen LogP contribution in [0.5, 0.6) is 0 Å². The van der Waals surface area contributed by atoms with E-state index in [-0.39, 0.29) is 30.2 Å². The molecule has 162 valence electrons. The van der Waals surface area contributed by atoms with Crippen molar-refractivity contribution in [1.29, 1.82) is 0 Å². The minimum atomic E-state index is -0.0924. The molecule has 0 fully saturated rings. The SMILES string of the molecule is CCC(CC)O[C@@H]1C=CC[C@H](NCCCNc2ccc(Cl)c(C)c2)[C@H]1NC(C)=O. The molecule has 1 aliphatic rings. The third-order valence-electron chi connectivity index (χ3n) is 5.38. The van der Waals surface area contributed by atoms with E-state index in [0.717, 1.165) is 55.0 Å². The Bertz CT molecular complexity index is 676. The number of carbonyl (C=O) groups is 1. The summed E-state index contributed by atoms with van der Waals surface area (Å²) in [5.74, 6) is -0.0185. The van der Waals surface area contributed by atoms with Gasteiger partial charge < -0.3 is 20.7 Å². The molecule has 2 rings (SSSR count). The van der Waals surface area contributed by atoms with Gasteiger partial charge in [-0.2, -0.15) is 0 Å². The Balaban J connectivity index is 1.84. The zero-order valence-corrected chi connectivity index (χ0v) is 18.9. The van der Waals surface area contributed by atoms with E-state index >= 15 is 0 Å². The van der Waals surface area contributed by atoms with Crippen LogP contribution in [0.15, 0.2) is 30.4 Å². The van der Waals surface area contributed by atoms with Gasteiger partial charge in [0.25, 0.3) is 0 Å². The second-order valence-corrected chi connectivity index (χ2v) is 8.14. The molecule has 1 amide bonds. The third kappa shape index (κ3) is 7.65. The molecule has 6 heteroatoms. The van der Waals surface area contributed by atoms with Crippen LogP contribution in [0.2, 0.25) is 5.02 Å². The van der Waals surface area contributed by atoms with E-state index in [9.17, 15) is 4.79 Å². The molecule has 0 saturated heterocycles. The van der Waals surface area contributed by atoms with Gasteiger partial charge in [0.1, 0.15) is 0 Å². The summed E-state index contributed by atoms with van der Waals surface area (Å²) in [4.78, 5) is 11.8. The lowest BCUT2D eigenvalue weighted by molar-refractivity contribution is -0.121. The quantitative estimate of drug-likeness (QED) is 0.365. The fraction of sp³-hybridized carbons (Fsp3) is 0.609. The highest BCUT2D eigenvalue weighted by atomic mass is 35.5. The summed E-state index contributed by atoms with van der Waals surface area (Å²) in [5, 5.41) is 10.9. The fourth-order valence-electron chi connectivity index (χ4n) is 3.68. The van der Waals surface area contributed by atoms with Crippen molar-refractivity contribution in [2.24, 2.45) is 0 Å². The van der Waals surface area contributed by atoms with Crippen LogP contribution < -0.4 is 16.0 Å². The van der Waals surface area contributed by atoms with E-state index in [0.29, 0.717) is 0 Å².